The lowest BCUT2D eigenvalue weighted by molar-refractivity contribution is 1.40. The van der Waals surface area contributed by atoms with Crippen molar-refractivity contribution < 1.29 is 0 Å². The van der Waals surface area contributed by atoms with Crippen LogP contribution in [0.5, 0.6) is 0 Å². The molecule has 59 valence electrons. The minimum atomic E-state index is 0. The molecule has 1 aromatic rings. The molecule has 11 heavy (non-hydrogen) atoms. The van der Waals surface area contributed by atoms with E-state index in [4.69, 9.17) is 0 Å². The van der Waals surface area contributed by atoms with Crippen LogP contribution in [0.1, 0.15) is 25.0 Å². The van der Waals surface area contributed by atoms with Crippen LogP contribution in [0.3, 0.4) is 0 Å². The van der Waals surface area contributed by atoms with Gasteiger partial charge in [0.25, 0.3) is 0 Å². The zero-order valence-corrected chi connectivity index (χ0v) is 7.89. The Morgan fingerprint density at radius 2 is 0.909 bits per heavy atom. The Bertz CT molecular complexity index is 144. The molecule has 0 nitrogen and oxygen atoms in total. The topological polar surface area (TPSA) is 0 Å². The highest BCUT2D eigenvalue weighted by Crippen LogP contribution is 1.99. The summed E-state index contributed by atoms with van der Waals surface area (Å²) in [5, 5.41) is 0. The number of hydrogen-bond acceptors (Lipinski definition) is 0. The molecule has 0 fully saturated rings. The van der Waals surface area contributed by atoms with Gasteiger partial charge in [-0.15, -0.1) is 0 Å². The molecule has 1 rings (SSSR count). The molecule has 0 aliphatic carbocycles. The van der Waals surface area contributed by atoms with Gasteiger partial charge in [-0.05, 0) is 13.8 Å². The molecule has 0 aromatic heterocycles. The zero-order chi connectivity index (χ0) is 7.98. The summed E-state index contributed by atoms with van der Waals surface area (Å²) in [5.41, 5.74) is 2.66. The second kappa shape index (κ2) is 7.39. The summed E-state index contributed by atoms with van der Waals surface area (Å²) in [6.45, 7) is 8.19. The minimum Gasteiger partial charge on any atom is -0.0683 e. The van der Waals surface area contributed by atoms with Gasteiger partial charge in [-0.25, -0.2) is 0 Å². The monoisotopic (exact) mass is 147 g/mol. The molecule has 0 spiro atoms. The standard InChI is InChI=1S/C8H10.C2H6.B/c1-7-3-5-8(2)6-4-7;1-2;/h3-6H,1-2H3;1-2H3;. The summed E-state index contributed by atoms with van der Waals surface area (Å²) < 4.78 is 0. The average molecular weight is 147 g/mol. The lowest BCUT2D eigenvalue weighted by Crippen LogP contribution is -1.70. The molecule has 0 atom stereocenters. The van der Waals surface area contributed by atoms with Crippen molar-refractivity contribution >= 4 is 8.41 Å². The van der Waals surface area contributed by atoms with Crippen LogP contribution in [0, 0.1) is 13.8 Å². The first-order valence-corrected chi connectivity index (χ1v) is 3.82. The molecular formula is C10H16B. The van der Waals surface area contributed by atoms with Crippen molar-refractivity contribution in [2.75, 3.05) is 0 Å². The Hall–Kier alpha value is -0.715. The van der Waals surface area contributed by atoms with E-state index in [1.165, 1.54) is 11.1 Å². The third kappa shape index (κ3) is 5.72. The van der Waals surface area contributed by atoms with Gasteiger partial charge >= 0.3 is 0 Å². The Morgan fingerprint density at radius 1 is 0.727 bits per heavy atom. The van der Waals surface area contributed by atoms with Crippen LogP contribution in [0.25, 0.3) is 0 Å². The molecule has 0 unspecified atom stereocenters. The van der Waals surface area contributed by atoms with Crippen molar-refractivity contribution in [1.82, 2.24) is 0 Å². The predicted molar refractivity (Wildman–Crippen MR) is 53.0 cm³/mol. The lowest BCUT2D eigenvalue weighted by atomic mass is 10.2. The Labute approximate surface area is 72.2 Å². The number of aryl methyl sites for hydroxylation is 2. The zero-order valence-electron chi connectivity index (χ0n) is 7.89. The van der Waals surface area contributed by atoms with Gasteiger partial charge in [0.2, 0.25) is 0 Å². The Kier molecular flexibility index (Phi) is 8.68. The van der Waals surface area contributed by atoms with E-state index in [-0.39, 0.29) is 8.41 Å². The van der Waals surface area contributed by atoms with E-state index in [0.717, 1.165) is 0 Å². The highest BCUT2D eigenvalue weighted by Gasteiger charge is 1.79. The fourth-order valence-electron chi connectivity index (χ4n) is 0.637. The van der Waals surface area contributed by atoms with Crippen LogP contribution >= 0.6 is 0 Å². The van der Waals surface area contributed by atoms with Gasteiger partial charge in [0.15, 0.2) is 0 Å². The smallest absolute Gasteiger partial charge is 0 e. The first kappa shape index (κ1) is 12.9. The van der Waals surface area contributed by atoms with Gasteiger partial charge in [0.1, 0.15) is 0 Å². The van der Waals surface area contributed by atoms with Gasteiger partial charge in [0.05, 0.1) is 0 Å². The van der Waals surface area contributed by atoms with E-state index < -0.39 is 0 Å². The van der Waals surface area contributed by atoms with E-state index in [2.05, 4.69) is 38.1 Å². The van der Waals surface area contributed by atoms with Crippen molar-refractivity contribution in [2.24, 2.45) is 0 Å². The third-order valence-electron chi connectivity index (χ3n) is 1.22. The average Bonchev–Trinajstić information content (AvgIpc) is 2.00. The Morgan fingerprint density at radius 3 is 1.09 bits per heavy atom. The molecule has 3 radical (unpaired) electrons. The van der Waals surface area contributed by atoms with Crippen LogP contribution in [0.15, 0.2) is 24.3 Å². The van der Waals surface area contributed by atoms with Crippen LogP contribution < -0.4 is 0 Å². The molecule has 0 saturated carbocycles. The lowest BCUT2D eigenvalue weighted by Gasteiger charge is -1.90. The molecular weight excluding hydrogens is 131 g/mol. The molecule has 0 amide bonds. The van der Waals surface area contributed by atoms with Crippen LogP contribution in [-0.2, 0) is 0 Å². The summed E-state index contributed by atoms with van der Waals surface area (Å²) >= 11 is 0. The number of rotatable bonds is 0. The van der Waals surface area contributed by atoms with Crippen LogP contribution in [-0.4, -0.2) is 8.41 Å². The second-order valence-corrected chi connectivity index (χ2v) is 2.15. The molecule has 0 aliphatic heterocycles. The second-order valence-electron chi connectivity index (χ2n) is 2.15. The maximum absolute atomic E-state index is 2.12. The molecule has 0 N–H and O–H groups in total. The fraction of sp³-hybridized carbons (Fsp3) is 0.400. The maximum atomic E-state index is 2.12. The first-order valence-electron chi connectivity index (χ1n) is 3.82. The van der Waals surface area contributed by atoms with Gasteiger partial charge < -0.3 is 0 Å². The van der Waals surface area contributed by atoms with Crippen molar-refractivity contribution in [1.29, 1.82) is 0 Å². The molecule has 1 heteroatoms. The van der Waals surface area contributed by atoms with Gasteiger partial charge in [-0.3, -0.25) is 0 Å². The van der Waals surface area contributed by atoms with Crippen molar-refractivity contribution in [2.45, 2.75) is 27.7 Å². The van der Waals surface area contributed by atoms with Gasteiger partial charge in [0, 0.05) is 8.41 Å². The highest BCUT2D eigenvalue weighted by atomic mass is 13.9. The van der Waals surface area contributed by atoms with E-state index in [1.807, 2.05) is 13.8 Å². The number of benzene rings is 1. The van der Waals surface area contributed by atoms with Gasteiger partial charge in [-0.1, -0.05) is 49.2 Å². The van der Waals surface area contributed by atoms with Crippen molar-refractivity contribution in [3.05, 3.63) is 35.4 Å². The third-order valence-corrected chi connectivity index (χ3v) is 1.22. The number of hydrogen-bond donors (Lipinski definition) is 0. The molecule has 1 aromatic carbocycles. The summed E-state index contributed by atoms with van der Waals surface area (Å²) in [6.07, 6.45) is 0. The van der Waals surface area contributed by atoms with Crippen LogP contribution in [0.4, 0.5) is 0 Å². The SMILES string of the molecule is CC.Cc1ccc(C)cc1.[B]. The van der Waals surface area contributed by atoms with E-state index in [9.17, 15) is 0 Å². The van der Waals surface area contributed by atoms with E-state index >= 15 is 0 Å². The summed E-state index contributed by atoms with van der Waals surface area (Å²) in [4.78, 5) is 0. The van der Waals surface area contributed by atoms with Crippen LogP contribution in [0.2, 0.25) is 0 Å². The fourth-order valence-corrected chi connectivity index (χ4v) is 0.637. The normalized spacial score (nSPS) is 7.27. The summed E-state index contributed by atoms with van der Waals surface area (Å²) in [7, 11) is 0. The summed E-state index contributed by atoms with van der Waals surface area (Å²) in [5.74, 6) is 0. The predicted octanol–water partition coefficient (Wildman–Crippen LogP) is 2.95. The molecule has 0 bridgehead atoms. The molecule has 0 saturated heterocycles. The minimum absolute atomic E-state index is 0. The molecule has 0 heterocycles. The van der Waals surface area contributed by atoms with E-state index in [1.54, 1.807) is 0 Å². The first-order chi connectivity index (χ1) is 4.79. The quantitative estimate of drug-likeness (QED) is 0.495. The molecule has 0 aliphatic rings. The van der Waals surface area contributed by atoms with E-state index in [0.29, 0.717) is 0 Å². The maximum Gasteiger partial charge on any atom is 0 e. The Balaban J connectivity index is 0. The summed E-state index contributed by atoms with van der Waals surface area (Å²) in [6, 6.07) is 8.48. The van der Waals surface area contributed by atoms with Crippen molar-refractivity contribution in [3.63, 3.8) is 0 Å². The largest absolute Gasteiger partial charge is 0.0683 e. The van der Waals surface area contributed by atoms with Gasteiger partial charge in [-0.2, -0.15) is 0 Å². The highest BCUT2D eigenvalue weighted by molar-refractivity contribution is 5.75. The van der Waals surface area contributed by atoms with Crippen molar-refractivity contribution in [3.8, 4) is 0 Å².